The lowest BCUT2D eigenvalue weighted by atomic mass is 10.0. The summed E-state index contributed by atoms with van der Waals surface area (Å²) in [5.74, 6) is 0.788. The zero-order chi connectivity index (χ0) is 18.8. The van der Waals surface area contributed by atoms with E-state index in [4.69, 9.17) is 0 Å². The summed E-state index contributed by atoms with van der Waals surface area (Å²) in [6, 6.07) is 9.66. The van der Waals surface area contributed by atoms with Crippen molar-refractivity contribution in [3.8, 4) is 0 Å². The summed E-state index contributed by atoms with van der Waals surface area (Å²) in [6.45, 7) is 2.01. The van der Waals surface area contributed by atoms with Gasteiger partial charge in [-0.15, -0.1) is 0 Å². The van der Waals surface area contributed by atoms with Gasteiger partial charge in [0, 0.05) is 12.5 Å². The molecule has 1 saturated carbocycles. The molecule has 0 radical (unpaired) electrons. The van der Waals surface area contributed by atoms with E-state index in [1.807, 2.05) is 37.3 Å². The molecule has 1 aliphatic carbocycles. The van der Waals surface area contributed by atoms with Crippen molar-refractivity contribution in [1.82, 2.24) is 9.97 Å². The molecule has 0 saturated heterocycles. The molecular formula is C21H24N4O2. The molecular weight excluding hydrogens is 340 g/mol. The van der Waals surface area contributed by atoms with Gasteiger partial charge in [0.25, 0.3) is 0 Å². The van der Waals surface area contributed by atoms with Crippen LogP contribution in [0.5, 0.6) is 0 Å². The number of nitrogens with zero attached hydrogens (tertiary/aromatic N) is 3. The van der Waals surface area contributed by atoms with Gasteiger partial charge in [-0.1, -0.05) is 50.1 Å². The van der Waals surface area contributed by atoms with E-state index in [2.05, 4.69) is 20.2 Å². The number of aromatic nitrogens is 2. The SMILES string of the molecule is CCC1C(=O)Nc2cnc(C(=O)Cc3ccccc3)nc2N1C1CCCC1. The second kappa shape index (κ2) is 7.47. The predicted octanol–water partition coefficient (Wildman–Crippen LogP) is 3.38. The molecule has 1 atom stereocenters. The maximum atomic E-state index is 12.7. The van der Waals surface area contributed by atoms with Crippen molar-refractivity contribution in [2.75, 3.05) is 10.2 Å². The van der Waals surface area contributed by atoms with E-state index in [1.165, 1.54) is 12.8 Å². The van der Waals surface area contributed by atoms with Gasteiger partial charge in [-0.25, -0.2) is 9.97 Å². The third-order valence-electron chi connectivity index (χ3n) is 5.47. The number of anilines is 2. The van der Waals surface area contributed by atoms with Crippen LogP contribution in [0.1, 0.15) is 55.2 Å². The molecule has 1 aliphatic heterocycles. The first-order valence-electron chi connectivity index (χ1n) is 9.70. The third-order valence-corrected chi connectivity index (χ3v) is 5.47. The van der Waals surface area contributed by atoms with E-state index >= 15 is 0 Å². The topological polar surface area (TPSA) is 75.2 Å². The summed E-state index contributed by atoms with van der Waals surface area (Å²) < 4.78 is 0. The van der Waals surface area contributed by atoms with Gasteiger partial charge in [0.05, 0.1) is 6.20 Å². The molecule has 2 aromatic rings. The Bertz CT molecular complexity index is 847. The van der Waals surface area contributed by atoms with E-state index in [-0.39, 0.29) is 30.0 Å². The van der Waals surface area contributed by atoms with Crippen LogP contribution < -0.4 is 10.2 Å². The first kappa shape index (κ1) is 17.6. The molecule has 1 unspecified atom stereocenters. The number of amides is 1. The molecule has 2 aliphatic rings. The number of benzene rings is 1. The number of ketones is 1. The fraction of sp³-hybridized carbons (Fsp3) is 0.429. The zero-order valence-corrected chi connectivity index (χ0v) is 15.5. The summed E-state index contributed by atoms with van der Waals surface area (Å²) in [6.07, 6.45) is 7.00. The largest absolute Gasteiger partial charge is 0.340 e. The number of hydrogen-bond donors (Lipinski definition) is 1. The standard InChI is InChI=1S/C21H24N4O2/c1-2-17-21(27)23-16-13-22-19(18(26)12-14-8-4-3-5-9-14)24-20(16)25(17)15-10-6-7-11-15/h3-5,8-9,13,15,17H,2,6-7,10-12H2,1H3,(H,23,27). The Morgan fingerprint density at radius 3 is 2.67 bits per heavy atom. The van der Waals surface area contributed by atoms with E-state index in [1.54, 1.807) is 6.20 Å². The second-order valence-corrected chi connectivity index (χ2v) is 7.28. The lowest BCUT2D eigenvalue weighted by Crippen LogP contribution is -2.52. The highest BCUT2D eigenvalue weighted by Gasteiger charge is 2.38. The van der Waals surface area contributed by atoms with Gasteiger partial charge in [-0.2, -0.15) is 0 Å². The minimum Gasteiger partial charge on any atom is -0.340 e. The highest BCUT2D eigenvalue weighted by Crippen LogP contribution is 2.37. The molecule has 2 heterocycles. The fourth-order valence-corrected chi connectivity index (χ4v) is 4.13. The van der Waals surface area contributed by atoms with Crippen LogP contribution in [-0.2, 0) is 11.2 Å². The Labute approximate surface area is 159 Å². The molecule has 6 nitrogen and oxygen atoms in total. The van der Waals surface area contributed by atoms with Crippen LogP contribution in [0.15, 0.2) is 36.5 Å². The zero-order valence-electron chi connectivity index (χ0n) is 15.5. The average molecular weight is 364 g/mol. The molecule has 27 heavy (non-hydrogen) atoms. The van der Waals surface area contributed by atoms with Gasteiger partial charge in [0.2, 0.25) is 11.7 Å². The Morgan fingerprint density at radius 1 is 1.22 bits per heavy atom. The van der Waals surface area contributed by atoms with Crippen molar-refractivity contribution >= 4 is 23.2 Å². The number of carbonyl (C=O) groups is 2. The molecule has 140 valence electrons. The average Bonchev–Trinajstić information content (AvgIpc) is 3.21. The quantitative estimate of drug-likeness (QED) is 0.823. The molecule has 1 N–H and O–H groups in total. The summed E-state index contributed by atoms with van der Waals surface area (Å²) in [5, 5.41) is 2.91. The highest BCUT2D eigenvalue weighted by atomic mass is 16.2. The molecule has 6 heteroatoms. The van der Waals surface area contributed by atoms with Crippen LogP contribution in [0, 0.1) is 0 Å². The van der Waals surface area contributed by atoms with Gasteiger partial charge >= 0.3 is 0 Å². The minimum atomic E-state index is -0.243. The van der Waals surface area contributed by atoms with Crippen LogP contribution in [0.4, 0.5) is 11.5 Å². The lowest BCUT2D eigenvalue weighted by Gasteiger charge is -2.40. The normalized spacial score (nSPS) is 19.7. The number of nitrogens with one attached hydrogen (secondary N) is 1. The smallest absolute Gasteiger partial charge is 0.247 e. The highest BCUT2D eigenvalue weighted by molar-refractivity contribution is 6.03. The van der Waals surface area contributed by atoms with Gasteiger partial charge in [-0.3, -0.25) is 9.59 Å². The van der Waals surface area contributed by atoms with Gasteiger partial charge in [0.1, 0.15) is 11.7 Å². The first-order chi connectivity index (χ1) is 13.2. The van der Waals surface area contributed by atoms with Crippen LogP contribution in [-0.4, -0.2) is 33.7 Å². The summed E-state index contributed by atoms with van der Waals surface area (Å²) in [5.41, 5.74) is 1.55. The van der Waals surface area contributed by atoms with Gasteiger partial charge < -0.3 is 10.2 Å². The van der Waals surface area contributed by atoms with E-state index in [9.17, 15) is 9.59 Å². The summed E-state index contributed by atoms with van der Waals surface area (Å²) >= 11 is 0. The maximum Gasteiger partial charge on any atom is 0.247 e. The predicted molar refractivity (Wildman–Crippen MR) is 104 cm³/mol. The van der Waals surface area contributed by atoms with Crippen molar-refractivity contribution in [2.24, 2.45) is 0 Å². The Balaban J connectivity index is 1.67. The number of rotatable bonds is 5. The van der Waals surface area contributed by atoms with Crippen molar-refractivity contribution < 1.29 is 9.59 Å². The molecule has 1 aromatic heterocycles. The van der Waals surface area contributed by atoms with Gasteiger partial charge in [-0.05, 0) is 24.8 Å². The van der Waals surface area contributed by atoms with Gasteiger partial charge in [0.15, 0.2) is 11.6 Å². The fourth-order valence-electron chi connectivity index (χ4n) is 4.13. The van der Waals surface area contributed by atoms with Crippen LogP contribution in [0.25, 0.3) is 0 Å². The van der Waals surface area contributed by atoms with Crippen molar-refractivity contribution in [3.05, 3.63) is 47.9 Å². The van der Waals surface area contributed by atoms with Crippen LogP contribution in [0.2, 0.25) is 0 Å². The Hall–Kier alpha value is -2.76. The van der Waals surface area contributed by atoms with Crippen LogP contribution >= 0.6 is 0 Å². The summed E-state index contributed by atoms with van der Waals surface area (Å²) in [7, 11) is 0. The van der Waals surface area contributed by atoms with E-state index in [0.717, 1.165) is 18.4 Å². The molecule has 0 bridgehead atoms. The van der Waals surface area contributed by atoms with Crippen LogP contribution in [0.3, 0.4) is 0 Å². The molecule has 1 amide bonds. The molecule has 0 spiro atoms. The third kappa shape index (κ3) is 3.44. The van der Waals surface area contributed by atoms with Crippen molar-refractivity contribution in [3.63, 3.8) is 0 Å². The van der Waals surface area contributed by atoms with E-state index < -0.39 is 0 Å². The second-order valence-electron chi connectivity index (χ2n) is 7.28. The monoisotopic (exact) mass is 364 g/mol. The minimum absolute atomic E-state index is 0.0103. The number of Topliss-reactive ketones (excluding diaryl/α,β-unsaturated/α-hetero) is 1. The van der Waals surface area contributed by atoms with Crippen molar-refractivity contribution in [2.45, 2.75) is 57.5 Å². The Kier molecular flexibility index (Phi) is 4.88. The number of hydrogen-bond acceptors (Lipinski definition) is 5. The summed E-state index contributed by atoms with van der Waals surface area (Å²) in [4.78, 5) is 36.2. The maximum absolute atomic E-state index is 12.7. The molecule has 1 aromatic carbocycles. The number of carbonyl (C=O) groups excluding carboxylic acids is 2. The Morgan fingerprint density at radius 2 is 1.96 bits per heavy atom. The lowest BCUT2D eigenvalue weighted by molar-refractivity contribution is -0.117. The van der Waals surface area contributed by atoms with E-state index in [0.29, 0.717) is 24.0 Å². The number of fused-ring (bicyclic) bond motifs is 1. The molecule has 1 fully saturated rings. The van der Waals surface area contributed by atoms with Crippen molar-refractivity contribution in [1.29, 1.82) is 0 Å². The molecule has 4 rings (SSSR count). The first-order valence-corrected chi connectivity index (χ1v) is 9.70.